The number of halogens is 6. The highest BCUT2D eigenvalue weighted by atomic mass is 35.5. The van der Waals surface area contributed by atoms with Crippen LogP contribution in [0.5, 0.6) is 0 Å². The maximum absolute atomic E-state index is 12.8. The van der Waals surface area contributed by atoms with Crippen LogP contribution in [0.2, 0.25) is 15.1 Å². The van der Waals surface area contributed by atoms with Gasteiger partial charge in [0.1, 0.15) is 11.6 Å². The summed E-state index contributed by atoms with van der Waals surface area (Å²) in [6.07, 6.45) is -4.18. The van der Waals surface area contributed by atoms with Crippen molar-refractivity contribution in [2.24, 2.45) is 0 Å². The lowest BCUT2D eigenvalue weighted by Crippen LogP contribution is -2.29. The Kier molecular flexibility index (Phi) is 5.47. The fourth-order valence-electron chi connectivity index (χ4n) is 1.81. The summed E-state index contributed by atoms with van der Waals surface area (Å²) in [5.41, 5.74) is -1.89. The predicted molar refractivity (Wildman–Crippen MR) is 85.8 cm³/mol. The molecule has 0 spiro atoms. The zero-order chi connectivity index (χ0) is 18.1. The molecule has 24 heavy (non-hydrogen) atoms. The normalized spacial score (nSPS) is 11.4. The first-order valence-corrected chi connectivity index (χ1v) is 7.43. The summed E-state index contributed by atoms with van der Waals surface area (Å²) < 4.78 is 38.8. The molecule has 1 aromatic carbocycles. The van der Waals surface area contributed by atoms with Gasteiger partial charge < -0.3 is 9.88 Å². The lowest BCUT2D eigenvalue weighted by Gasteiger charge is -2.12. The zero-order valence-corrected chi connectivity index (χ0v) is 13.9. The van der Waals surface area contributed by atoms with E-state index in [9.17, 15) is 22.8 Å². The van der Waals surface area contributed by atoms with Crippen LogP contribution in [0.1, 0.15) is 5.56 Å². The van der Waals surface area contributed by atoms with Gasteiger partial charge >= 0.3 is 6.18 Å². The van der Waals surface area contributed by atoms with Crippen molar-refractivity contribution in [3.63, 3.8) is 0 Å². The molecule has 10 heteroatoms. The molecule has 0 aliphatic rings. The van der Waals surface area contributed by atoms with Gasteiger partial charge in [0.2, 0.25) is 5.91 Å². The van der Waals surface area contributed by atoms with Gasteiger partial charge in [-0.05, 0) is 24.3 Å². The number of carbonyl (C=O) groups is 1. The van der Waals surface area contributed by atoms with Gasteiger partial charge in [0.05, 0.1) is 16.3 Å². The third-order valence-corrected chi connectivity index (χ3v) is 3.72. The summed E-state index contributed by atoms with van der Waals surface area (Å²) in [7, 11) is 0. The quantitative estimate of drug-likeness (QED) is 0.828. The molecule has 1 aromatic heterocycles. The number of amides is 1. The van der Waals surface area contributed by atoms with Crippen LogP contribution in [0.15, 0.2) is 35.3 Å². The molecule has 1 heterocycles. The van der Waals surface area contributed by atoms with Gasteiger partial charge in [0, 0.05) is 11.2 Å². The smallest absolute Gasteiger partial charge is 0.323 e. The number of hydrogen-bond acceptors (Lipinski definition) is 2. The molecule has 0 saturated heterocycles. The topological polar surface area (TPSA) is 51.1 Å². The number of benzene rings is 1. The van der Waals surface area contributed by atoms with Crippen LogP contribution < -0.4 is 10.9 Å². The highest BCUT2D eigenvalue weighted by Gasteiger charge is 2.32. The van der Waals surface area contributed by atoms with Crippen LogP contribution in [0.25, 0.3) is 0 Å². The summed E-state index contributed by atoms with van der Waals surface area (Å²) in [6.45, 7) is -0.675. The van der Waals surface area contributed by atoms with E-state index in [1.54, 1.807) is 0 Å². The number of anilines is 1. The molecule has 1 amide bonds. The molecule has 2 rings (SSSR count). The molecule has 1 N–H and O–H groups in total. The number of alkyl halides is 3. The number of rotatable bonds is 3. The van der Waals surface area contributed by atoms with Gasteiger partial charge in [0.15, 0.2) is 0 Å². The van der Waals surface area contributed by atoms with Crippen molar-refractivity contribution in [1.82, 2.24) is 4.57 Å². The van der Waals surface area contributed by atoms with Crippen LogP contribution in [-0.4, -0.2) is 10.5 Å². The second kappa shape index (κ2) is 7.04. The number of aromatic nitrogens is 1. The van der Waals surface area contributed by atoms with Crippen LogP contribution >= 0.6 is 34.8 Å². The van der Waals surface area contributed by atoms with E-state index in [-0.39, 0.29) is 10.7 Å². The van der Waals surface area contributed by atoms with Crippen molar-refractivity contribution in [3.05, 3.63) is 61.4 Å². The molecular formula is C14H8Cl3F3N2O2. The molecule has 4 nitrogen and oxygen atoms in total. The number of nitrogens with zero attached hydrogens (tertiary/aromatic N) is 1. The van der Waals surface area contributed by atoms with Gasteiger partial charge in [-0.2, -0.15) is 13.2 Å². The summed E-state index contributed by atoms with van der Waals surface area (Å²) in [4.78, 5) is 23.8. The van der Waals surface area contributed by atoms with Crippen LogP contribution in [-0.2, 0) is 17.5 Å². The number of pyridine rings is 1. The first-order valence-electron chi connectivity index (χ1n) is 6.30. The van der Waals surface area contributed by atoms with Crippen LogP contribution in [0, 0.1) is 0 Å². The van der Waals surface area contributed by atoms with Gasteiger partial charge in [-0.3, -0.25) is 9.59 Å². The Balaban J connectivity index is 2.27. The largest absolute Gasteiger partial charge is 0.417 e. The molecule has 0 saturated carbocycles. The van der Waals surface area contributed by atoms with E-state index in [1.807, 2.05) is 0 Å². The number of carbonyl (C=O) groups excluding carboxylic acids is 1. The molecule has 2 aromatic rings. The summed E-state index contributed by atoms with van der Waals surface area (Å²) in [5.74, 6) is -0.767. The second-order valence-corrected chi connectivity index (χ2v) is 5.93. The van der Waals surface area contributed by atoms with E-state index in [0.717, 1.165) is 0 Å². The Morgan fingerprint density at radius 1 is 1.12 bits per heavy atom. The SMILES string of the molecule is O=C(Cn1cc(C(F)(F)F)cc(Cl)c1=O)Nc1cc(Cl)ccc1Cl. The van der Waals surface area contributed by atoms with Crippen molar-refractivity contribution in [2.75, 3.05) is 5.32 Å². The lowest BCUT2D eigenvalue weighted by molar-refractivity contribution is -0.138. The number of nitrogens with one attached hydrogen (secondary N) is 1. The Labute approximate surface area is 148 Å². The molecule has 0 unspecified atom stereocenters. The van der Waals surface area contributed by atoms with Crippen molar-refractivity contribution < 1.29 is 18.0 Å². The minimum atomic E-state index is -4.70. The third kappa shape index (κ3) is 4.43. The highest BCUT2D eigenvalue weighted by molar-refractivity contribution is 6.35. The maximum Gasteiger partial charge on any atom is 0.417 e. The first-order chi connectivity index (χ1) is 11.1. The Bertz CT molecular complexity index is 850. The molecule has 0 aliphatic carbocycles. The van der Waals surface area contributed by atoms with Crippen LogP contribution in [0.4, 0.5) is 18.9 Å². The molecule has 0 atom stereocenters. The number of hydrogen-bond donors (Lipinski definition) is 1. The standard InChI is InChI=1S/C14H8Cl3F3N2O2/c15-8-1-2-9(16)11(4-8)21-12(23)6-22-5-7(14(18,19)20)3-10(17)13(22)24/h1-5H,6H2,(H,21,23). The Morgan fingerprint density at radius 2 is 1.79 bits per heavy atom. The first kappa shape index (κ1) is 18.6. The lowest BCUT2D eigenvalue weighted by atomic mass is 10.2. The third-order valence-electron chi connectivity index (χ3n) is 2.89. The highest BCUT2D eigenvalue weighted by Crippen LogP contribution is 2.29. The second-order valence-electron chi connectivity index (χ2n) is 4.68. The molecular weight excluding hydrogens is 392 g/mol. The molecule has 0 fully saturated rings. The van der Waals surface area contributed by atoms with Crippen LogP contribution in [0.3, 0.4) is 0 Å². The summed E-state index contributed by atoms with van der Waals surface area (Å²) >= 11 is 17.2. The van der Waals surface area contributed by atoms with E-state index in [0.29, 0.717) is 21.9 Å². The summed E-state index contributed by atoms with van der Waals surface area (Å²) in [6, 6.07) is 4.80. The molecule has 128 valence electrons. The predicted octanol–water partition coefficient (Wildman–Crippen LogP) is 4.47. The average Bonchev–Trinajstić information content (AvgIpc) is 2.46. The van der Waals surface area contributed by atoms with E-state index in [4.69, 9.17) is 34.8 Å². The van der Waals surface area contributed by atoms with E-state index in [2.05, 4.69) is 5.32 Å². The van der Waals surface area contributed by atoms with Gasteiger partial charge in [-0.25, -0.2) is 0 Å². The van der Waals surface area contributed by atoms with E-state index < -0.39 is 34.8 Å². The Morgan fingerprint density at radius 3 is 2.42 bits per heavy atom. The van der Waals surface area contributed by atoms with E-state index in [1.165, 1.54) is 18.2 Å². The molecule has 0 radical (unpaired) electrons. The van der Waals surface area contributed by atoms with Crippen molar-refractivity contribution in [3.8, 4) is 0 Å². The Hall–Kier alpha value is -1.70. The van der Waals surface area contributed by atoms with Gasteiger partial charge in [0.25, 0.3) is 5.56 Å². The monoisotopic (exact) mass is 398 g/mol. The van der Waals surface area contributed by atoms with E-state index >= 15 is 0 Å². The van der Waals surface area contributed by atoms with Gasteiger partial charge in [-0.1, -0.05) is 34.8 Å². The fraction of sp³-hybridized carbons (Fsp3) is 0.143. The van der Waals surface area contributed by atoms with Gasteiger partial charge in [-0.15, -0.1) is 0 Å². The minimum absolute atomic E-state index is 0.167. The van der Waals surface area contributed by atoms with Crippen molar-refractivity contribution >= 4 is 46.4 Å². The minimum Gasteiger partial charge on any atom is -0.323 e. The summed E-state index contributed by atoms with van der Waals surface area (Å²) in [5, 5.41) is 2.21. The van der Waals surface area contributed by atoms with Crippen molar-refractivity contribution in [1.29, 1.82) is 0 Å². The van der Waals surface area contributed by atoms with Crippen molar-refractivity contribution in [2.45, 2.75) is 12.7 Å². The molecule has 0 bridgehead atoms. The molecule has 0 aliphatic heterocycles. The average molecular weight is 400 g/mol. The maximum atomic E-state index is 12.8. The zero-order valence-electron chi connectivity index (χ0n) is 11.6. The fourth-order valence-corrected chi connectivity index (χ4v) is 2.37.